The van der Waals surface area contributed by atoms with Gasteiger partial charge in [0, 0.05) is 16.8 Å². The molecule has 0 saturated heterocycles. The first-order chi connectivity index (χ1) is 14.7. The summed E-state index contributed by atoms with van der Waals surface area (Å²) < 4.78 is 13.0. The van der Waals surface area contributed by atoms with Crippen molar-refractivity contribution in [3.05, 3.63) is 84.2 Å². The summed E-state index contributed by atoms with van der Waals surface area (Å²) in [6.07, 6.45) is 1.62. The summed E-state index contributed by atoms with van der Waals surface area (Å²) >= 11 is 0. The molecule has 0 aliphatic rings. The fourth-order valence-corrected chi connectivity index (χ4v) is 3.45. The molecule has 1 amide bonds. The molecule has 5 aromatic rings. The summed E-state index contributed by atoms with van der Waals surface area (Å²) in [6, 6.07) is 21.3. The zero-order chi connectivity index (χ0) is 20.5. The van der Waals surface area contributed by atoms with Gasteiger partial charge in [-0.15, -0.1) is 5.10 Å². The van der Waals surface area contributed by atoms with Crippen LogP contribution in [0.4, 0.5) is 5.69 Å². The minimum Gasteiger partial charge on any atom is -0.495 e. The van der Waals surface area contributed by atoms with Crippen molar-refractivity contribution in [2.45, 2.75) is 6.54 Å². The highest BCUT2D eigenvalue weighted by molar-refractivity contribution is 6.09. The predicted molar refractivity (Wildman–Crippen MR) is 114 cm³/mol. The van der Waals surface area contributed by atoms with Gasteiger partial charge in [-0.05, 0) is 17.7 Å². The molecule has 0 aliphatic heterocycles. The Hall–Kier alpha value is -4.13. The largest absolute Gasteiger partial charge is 0.495 e. The molecule has 148 valence electrons. The summed E-state index contributed by atoms with van der Waals surface area (Å²) in [7, 11) is 1.56. The van der Waals surface area contributed by atoms with Crippen LogP contribution in [-0.2, 0) is 6.54 Å². The normalized spacial score (nSPS) is 11.1. The quantitative estimate of drug-likeness (QED) is 0.472. The zero-order valence-electron chi connectivity index (χ0n) is 16.2. The van der Waals surface area contributed by atoms with Gasteiger partial charge in [0.05, 0.1) is 25.5 Å². The third kappa shape index (κ3) is 3.26. The molecule has 0 atom stereocenters. The van der Waals surface area contributed by atoms with Crippen LogP contribution in [0.2, 0.25) is 0 Å². The fourth-order valence-electron chi connectivity index (χ4n) is 3.45. The van der Waals surface area contributed by atoms with Gasteiger partial charge in [0.1, 0.15) is 16.9 Å². The first kappa shape index (κ1) is 17.9. The second-order valence-electron chi connectivity index (χ2n) is 6.89. The summed E-state index contributed by atoms with van der Waals surface area (Å²) in [5.74, 6) is 0.169. The second-order valence-corrected chi connectivity index (χ2v) is 6.89. The number of fused-ring (bicyclic) bond motifs is 3. The molecule has 30 heavy (non-hydrogen) atoms. The molecule has 2 aromatic heterocycles. The van der Waals surface area contributed by atoms with Gasteiger partial charge < -0.3 is 14.5 Å². The molecular formula is C23H18N4O3. The topological polar surface area (TPSA) is 82.2 Å². The van der Waals surface area contributed by atoms with Crippen molar-refractivity contribution < 1.29 is 13.9 Å². The number of hydrogen-bond donors (Lipinski definition) is 1. The van der Waals surface area contributed by atoms with Crippen LogP contribution in [0.1, 0.15) is 16.1 Å². The smallest absolute Gasteiger partial charge is 0.277 e. The van der Waals surface area contributed by atoms with E-state index in [2.05, 4.69) is 15.6 Å². The van der Waals surface area contributed by atoms with Crippen LogP contribution in [0.5, 0.6) is 5.75 Å². The van der Waals surface area contributed by atoms with Gasteiger partial charge in [-0.3, -0.25) is 4.79 Å². The highest BCUT2D eigenvalue weighted by Crippen LogP contribution is 2.36. The van der Waals surface area contributed by atoms with Gasteiger partial charge in [-0.25, -0.2) is 4.68 Å². The number of benzene rings is 3. The summed E-state index contributed by atoms with van der Waals surface area (Å²) in [5.41, 5.74) is 3.25. The van der Waals surface area contributed by atoms with Crippen molar-refractivity contribution in [2.24, 2.45) is 0 Å². The molecule has 0 fully saturated rings. The minimum atomic E-state index is -0.372. The third-order valence-electron chi connectivity index (χ3n) is 4.91. The lowest BCUT2D eigenvalue weighted by Crippen LogP contribution is -2.13. The lowest BCUT2D eigenvalue weighted by molar-refractivity contribution is 0.102. The van der Waals surface area contributed by atoms with Gasteiger partial charge in [0.2, 0.25) is 0 Å². The molecule has 0 spiro atoms. The van der Waals surface area contributed by atoms with Gasteiger partial charge in [-0.1, -0.05) is 53.7 Å². The lowest BCUT2D eigenvalue weighted by atomic mass is 10.1. The Bertz CT molecular complexity index is 1360. The number of anilines is 1. The maximum absolute atomic E-state index is 12.7. The first-order valence-corrected chi connectivity index (χ1v) is 9.46. The van der Waals surface area contributed by atoms with E-state index in [1.807, 2.05) is 60.7 Å². The summed E-state index contributed by atoms with van der Waals surface area (Å²) in [6.45, 7) is 0.537. The van der Waals surface area contributed by atoms with E-state index in [0.29, 0.717) is 23.6 Å². The molecular weight excluding hydrogens is 380 g/mol. The monoisotopic (exact) mass is 398 g/mol. The van der Waals surface area contributed by atoms with Crippen molar-refractivity contribution in [3.63, 3.8) is 0 Å². The molecule has 7 heteroatoms. The molecule has 0 radical (unpaired) electrons. The Morgan fingerprint density at radius 2 is 1.83 bits per heavy atom. The first-order valence-electron chi connectivity index (χ1n) is 9.46. The number of carbonyl (C=O) groups excluding carboxylic acids is 1. The van der Waals surface area contributed by atoms with Crippen molar-refractivity contribution >= 4 is 33.5 Å². The van der Waals surface area contributed by atoms with E-state index < -0.39 is 0 Å². The van der Waals surface area contributed by atoms with Gasteiger partial charge in [0.25, 0.3) is 5.91 Å². The summed E-state index contributed by atoms with van der Waals surface area (Å²) in [4.78, 5) is 12.7. The number of nitrogens with one attached hydrogen (secondary N) is 1. The molecule has 0 bridgehead atoms. The Kier molecular flexibility index (Phi) is 4.40. The Labute approximate surface area is 171 Å². The number of amides is 1. The van der Waals surface area contributed by atoms with E-state index in [-0.39, 0.29) is 11.6 Å². The Morgan fingerprint density at radius 1 is 1.03 bits per heavy atom. The molecule has 3 aromatic carbocycles. The molecule has 7 nitrogen and oxygen atoms in total. The average Bonchev–Trinajstić information content (AvgIpc) is 3.38. The van der Waals surface area contributed by atoms with E-state index in [4.69, 9.17) is 9.15 Å². The molecule has 0 unspecified atom stereocenters. The van der Waals surface area contributed by atoms with E-state index >= 15 is 0 Å². The highest BCUT2D eigenvalue weighted by atomic mass is 16.5. The number of aromatic nitrogens is 3. The van der Waals surface area contributed by atoms with Crippen LogP contribution in [0.25, 0.3) is 21.9 Å². The van der Waals surface area contributed by atoms with E-state index in [1.165, 1.54) is 0 Å². The van der Waals surface area contributed by atoms with Crippen molar-refractivity contribution in [1.29, 1.82) is 0 Å². The van der Waals surface area contributed by atoms with E-state index in [1.54, 1.807) is 24.1 Å². The van der Waals surface area contributed by atoms with Gasteiger partial charge in [0.15, 0.2) is 5.69 Å². The van der Waals surface area contributed by atoms with Crippen LogP contribution < -0.4 is 10.1 Å². The highest BCUT2D eigenvalue weighted by Gasteiger charge is 2.17. The van der Waals surface area contributed by atoms with Gasteiger partial charge >= 0.3 is 0 Å². The number of hydrogen-bond acceptors (Lipinski definition) is 5. The maximum atomic E-state index is 12.7. The Morgan fingerprint density at radius 3 is 2.67 bits per heavy atom. The number of carbonyl (C=O) groups is 1. The number of para-hydroxylation sites is 1. The number of methoxy groups -OCH3 is 1. The standard InChI is InChI=1S/C23H18N4O3/c1-29-22-11-17-16-9-5-6-10-20(16)30-21(17)12-18(22)24-23(28)19-14-27(26-25-19)13-15-7-3-2-4-8-15/h2-12,14H,13H2,1H3,(H,24,28). The van der Waals surface area contributed by atoms with Crippen molar-refractivity contribution in [3.8, 4) is 5.75 Å². The van der Waals surface area contributed by atoms with Gasteiger partial charge in [-0.2, -0.15) is 0 Å². The number of nitrogens with zero attached hydrogens (tertiary/aromatic N) is 3. The number of rotatable bonds is 5. The van der Waals surface area contributed by atoms with E-state index in [0.717, 1.165) is 21.9 Å². The SMILES string of the molecule is COc1cc2c(cc1NC(=O)c1cn(Cc3ccccc3)nn1)oc1ccccc12. The molecule has 5 rings (SSSR count). The van der Waals surface area contributed by atoms with Crippen LogP contribution in [0.15, 0.2) is 77.3 Å². The van der Waals surface area contributed by atoms with E-state index in [9.17, 15) is 4.79 Å². The number of ether oxygens (including phenoxy) is 1. The Balaban J connectivity index is 1.42. The van der Waals surface area contributed by atoms with Crippen molar-refractivity contribution in [2.75, 3.05) is 12.4 Å². The zero-order valence-corrected chi connectivity index (χ0v) is 16.2. The average molecular weight is 398 g/mol. The van der Waals surface area contributed by atoms with Crippen LogP contribution >= 0.6 is 0 Å². The minimum absolute atomic E-state index is 0.220. The van der Waals surface area contributed by atoms with Crippen LogP contribution in [0, 0.1) is 0 Å². The molecule has 0 aliphatic carbocycles. The predicted octanol–water partition coefficient (Wildman–Crippen LogP) is 4.49. The van der Waals surface area contributed by atoms with Crippen molar-refractivity contribution in [1.82, 2.24) is 15.0 Å². The number of furan rings is 1. The van der Waals surface area contributed by atoms with Crippen LogP contribution in [0.3, 0.4) is 0 Å². The molecule has 2 heterocycles. The van der Waals surface area contributed by atoms with Crippen LogP contribution in [-0.4, -0.2) is 28.0 Å². The lowest BCUT2D eigenvalue weighted by Gasteiger charge is -2.09. The molecule has 1 N–H and O–H groups in total. The fraction of sp³-hybridized carbons (Fsp3) is 0.0870. The molecule has 0 saturated carbocycles. The summed E-state index contributed by atoms with van der Waals surface area (Å²) in [5, 5.41) is 12.8. The maximum Gasteiger partial charge on any atom is 0.277 e. The third-order valence-corrected chi connectivity index (χ3v) is 4.91. The second kappa shape index (κ2) is 7.36.